The molecule has 2 N–H and O–H groups in total. The normalized spacial score (nSPS) is 19.5. The molecule has 2 aliphatic heterocycles. The Hall–Kier alpha value is -3.79. The van der Waals surface area contributed by atoms with Crippen LogP contribution < -0.4 is 19.5 Å². The van der Waals surface area contributed by atoms with Crippen LogP contribution in [-0.4, -0.2) is 80.3 Å². The molecule has 2 heterocycles. The molecule has 1 amide bonds. The average Bonchev–Trinajstić information content (AvgIpc) is 3.40. The molecule has 0 aliphatic carbocycles. The molecule has 3 atom stereocenters. The second kappa shape index (κ2) is 14.5. The monoisotopic (exact) mass is 635 g/mol. The lowest BCUT2D eigenvalue weighted by Gasteiger charge is -2.27. The van der Waals surface area contributed by atoms with Crippen LogP contribution in [0.15, 0.2) is 54.6 Å². The summed E-state index contributed by atoms with van der Waals surface area (Å²) in [5.74, 6) is -0.365. The predicted octanol–water partition coefficient (Wildman–Crippen LogP) is 5.66. The van der Waals surface area contributed by atoms with Crippen molar-refractivity contribution in [1.29, 1.82) is 0 Å². The van der Waals surface area contributed by atoms with Crippen LogP contribution in [0.4, 0.5) is 5.69 Å². The number of halogens is 1. The van der Waals surface area contributed by atoms with E-state index in [9.17, 15) is 14.7 Å². The first kappa shape index (κ1) is 32.6. The molecule has 1 unspecified atom stereocenters. The fraction of sp³-hybridized carbons (Fsp3) is 0.429. The number of fused-ring (bicyclic) bond motifs is 1. The van der Waals surface area contributed by atoms with Gasteiger partial charge in [-0.2, -0.15) is 0 Å². The summed E-state index contributed by atoms with van der Waals surface area (Å²) in [6.45, 7) is 6.67. The molecule has 45 heavy (non-hydrogen) atoms. The maximum absolute atomic E-state index is 13.7. The average molecular weight is 636 g/mol. The summed E-state index contributed by atoms with van der Waals surface area (Å²) >= 11 is 6.35. The summed E-state index contributed by atoms with van der Waals surface area (Å²) in [5, 5.41) is 14.4. The van der Waals surface area contributed by atoms with Crippen LogP contribution in [0, 0.1) is 5.92 Å². The van der Waals surface area contributed by atoms with Gasteiger partial charge in [-0.3, -0.25) is 14.5 Å². The van der Waals surface area contributed by atoms with Crippen LogP contribution >= 0.6 is 11.6 Å². The lowest BCUT2D eigenvalue weighted by molar-refractivity contribution is -0.143. The van der Waals surface area contributed by atoms with Gasteiger partial charge < -0.3 is 29.5 Å². The van der Waals surface area contributed by atoms with E-state index >= 15 is 0 Å². The molecule has 10 heteroatoms. The maximum atomic E-state index is 13.7. The number of benzene rings is 3. The molecule has 1 saturated heterocycles. The highest BCUT2D eigenvalue weighted by Gasteiger charge is 2.48. The number of carboxylic acid groups (broad SMARTS) is 1. The number of hydrogen-bond acceptors (Lipinski definition) is 7. The van der Waals surface area contributed by atoms with E-state index in [1.165, 1.54) is 0 Å². The summed E-state index contributed by atoms with van der Waals surface area (Å²) in [4.78, 5) is 30.8. The number of amides is 1. The number of anilines is 1. The van der Waals surface area contributed by atoms with Gasteiger partial charge in [-0.25, -0.2) is 0 Å². The van der Waals surface area contributed by atoms with Gasteiger partial charge in [0, 0.05) is 35.8 Å². The molecule has 3 aromatic rings. The smallest absolute Gasteiger partial charge is 0.309 e. The second-order valence-electron chi connectivity index (χ2n) is 11.8. The number of likely N-dealkylation sites (N-methyl/N-ethyl adjacent to an activating group) is 1. The highest BCUT2D eigenvalue weighted by Crippen LogP contribution is 2.47. The molecule has 0 radical (unpaired) electrons. The van der Waals surface area contributed by atoms with Crippen LogP contribution in [0.25, 0.3) is 0 Å². The van der Waals surface area contributed by atoms with Crippen molar-refractivity contribution < 1.29 is 28.9 Å². The van der Waals surface area contributed by atoms with Crippen LogP contribution in [-0.2, 0) is 22.4 Å². The van der Waals surface area contributed by atoms with E-state index < -0.39 is 17.9 Å². The first-order chi connectivity index (χ1) is 21.7. The second-order valence-corrected chi connectivity index (χ2v) is 12.3. The van der Waals surface area contributed by atoms with Gasteiger partial charge in [0.15, 0.2) is 11.5 Å². The minimum absolute atomic E-state index is 0.0194. The van der Waals surface area contributed by atoms with E-state index in [2.05, 4.69) is 5.32 Å². The van der Waals surface area contributed by atoms with Crippen molar-refractivity contribution in [2.75, 3.05) is 58.9 Å². The van der Waals surface area contributed by atoms with E-state index in [-0.39, 0.29) is 18.4 Å². The highest BCUT2D eigenvalue weighted by molar-refractivity contribution is 6.30. The van der Waals surface area contributed by atoms with Crippen molar-refractivity contribution in [2.45, 2.75) is 38.6 Å². The molecular formula is C35H42ClN3O6. The number of nitrogens with one attached hydrogen (secondary N) is 1. The SMILES string of the molecule is CCc1cc(Cl)cc(CC)c1NC(=O)CN1C[C@H](c2ccc3c(c2)OCCO3)C(C(=O)O)[C@@H]1c1ccc(OCCN(C)C)cc1. The van der Waals surface area contributed by atoms with Gasteiger partial charge in [0.2, 0.25) is 5.91 Å². The Labute approximate surface area is 270 Å². The van der Waals surface area contributed by atoms with E-state index in [4.69, 9.17) is 25.8 Å². The number of aliphatic carboxylic acids is 1. The first-order valence-corrected chi connectivity index (χ1v) is 15.9. The summed E-state index contributed by atoms with van der Waals surface area (Å²) in [5.41, 5.74) is 4.36. The molecule has 2 aliphatic rings. The van der Waals surface area contributed by atoms with Crippen LogP contribution in [0.2, 0.25) is 5.02 Å². The van der Waals surface area contributed by atoms with Crippen molar-refractivity contribution in [3.8, 4) is 17.2 Å². The predicted molar refractivity (Wildman–Crippen MR) is 175 cm³/mol. The fourth-order valence-electron chi connectivity index (χ4n) is 6.33. The number of likely N-dealkylation sites (tertiary alicyclic amines) is 1. The van der Waals surface area contributed by atoms with Gasteiger partial charge in [0.1, 0.15) is 25.6 Å². The third-order valence-corrected chi connectivity index (χ3v) is 8.76. The van der Waals surface area contributed by atoms with E-state index in [0.717, 1.165) is 34.5 Å². The third kappa shape index (κ3) is 7.54. The lowest BCUT2D eigenvalue weighted by atomic mass is 9.82. The zero-order chi connectivity index (χ0) is 32.1. The van der Waals surface area contributed by atoms with E-state index in [1.54, 1.807) is 0 Å². The van der Waals surface area contributed by atoms with Crippen molar-refractivity contribution in [1.82, 2.24) is 9.80 Å². The number of carbonyl (C=O) groups excluding carboxylic acids is 1. The number of rotatable bonds is 12. The van der Waals surface area contributed by atoms with Gasteiger partial charge in [0.05, 0.1) is 12.5 Å². The Morgan fingerprint density at radius 1 is 0.978 bits per heavy atom. The van der Waals surface area contributed by atoms with Gasteiger partial charge in [-0.15, -0.1) is 0 Å². The molecule has 240 valence electrons. The number of carboxylic acids is 1. The molecule has 0 aromatic heterocycles. The topological polar surface area (TPSA) is 101 Å². The maximum Gasteiger partial charge on any atom is 0.309 e. The van der Waals surface area contributed by atoms with Crippen molar-refractivity contribution >= 4 is 29.2 Å². The molecule has 5 rings (SSSR count). The van der Waals surface area contributed by atoms with Crippen LogP contribution in [0.3, 0.4) is 0 Å². The Morgan fingerprint density at radius 2 is 1.62 bits per heavy atom. The van der Waals surface area contributed by atoms with E-state index in [0.29, 0.717) is 61.5 Å². The van der Waals surface area contributed by atoms with Crippen molar-refractivity contribution in [3.05, 3.63) is 81.9 Å². The zero-order valence-corrected chi connectivity index (χ0v) is 27.1. The van der Waals surface area contributed by atoms with Gasteiger partial charge in [-0.1, -0.05) is 43.6 Å². The number of aryl methyl sites for hydroxylation is 2. The first-order valence-electron chi connectivity index (χ1n) is 15.5. The van der Waals surface area contributed by atoms with E-state index in [1.807, 2.05) is 92.3 Å². The number of ether oxygens (including phenoxy) is 3. The molecule has 1 fully saturated rings. The molecule has 3 aromatic carbocycles. The standard InChI is InChI=1S/C35H42ClN3O6/c1-5-22-17-26(36)18-23(6-2)33(22)37-31(40)21-39-20-28(25-9-12-29-30(19-25)45-16-15-44-29)32(35(41)42)34(39)24-7-10-27(11-8-24)43-14-13-38(3)4/h7-12,17-19,28,32,34H,5-6,13-16,20-21H2,1-4H3,(H,37,40)(H,41,42)/t28-,32?,34+/m1/s1. The molecular weight excluding hydrogens is 594 g/mol. The van der Waals surface area contributed by atoms with Gasteiger partial charge in [-0.05, 0) is 85.6 Å². The number of carbonyl (C=O) groups is 2. The van der Waals surface area contributed by atoms with Gasteiger partial charge >= 0.3 is 5.97 Å². The largest absolute Gasteiger partial charge is 0.492 e. The number of nitrogens with zero attached hydrogens (tertiary/aromatic N) is 2. The summed E-state index contributed by atoms with van der Waals surface area (Å²) in [7, 11) is 3.97. The Morgan fingerprint density at radius 3 is 2.24 bits per heavy atom. The minimum atomic E-state index is -0.923. The molecule has 9 nitrogen and oxygen atoms in total. The highest BCUT2D eigenvalue weighted by atomic mass is 35.5. The van der Waals surface area contributed by atoms with Crippen LogP contribution in [0.5, 0.6) is 17.2 Å². The summed E-state index contributed by atoms with van der Waals surface area (Å²) < 4.78 is 17.4. The van der Waals surface area contributed by atoms with Crippen molar-refractivity contribution in [2.24, 2.45) is 5.92 Å². The lowest BCUT2D eigenvalue weighted by Crippen LogP contribution is -2.35. The summed E-state index contributed by atoms with van der Waals surface area (Å²) in [6, 6.07) is 16.4. The quantitative estimate of drug-likeness (QED) is 0.263. The summed E-state index contributed by atoms with van der Waals surface area (Å²) in [6.07, 6.45) is 1.43. The zero-order valence-electron chi connectivity index (χ0n) is 26.3. The minimum Gasteiger partial charge on any atom is -0.492 e. The fourth-order valence-corrected chi connectivity index (χ4v) is 6.60. The van der Waals surface area contributed by atoms with Gasteiger partial charge in [0.25, 0.3) is 0 Å². The molecule has 0 bridgehead atoms. The Kier molecular flexibility index (Phi) is 10.5. The molecule has 0 saturated carbocycles. The third-order valence-electron chi connectivity index (χ3n) is 8.55. The van der Waals surface area contributed by atoms with Crippen molar-refractivity contribution in [3.63, 3.8) is 0 Å². The van der Waals surface area contributed by atoms with Crippen LogP contribution in [0.1, 0.15) is 48.1 Å². The molecule has 0 spiro atoms. The number of hydrogen-bond donors (Lipinski definition) is 2. The Balaban J connectivity index is 1.46. The Bertz CT molecular complexity index is 1490.